The van der Waals surface area contributed by atoms with E-state index in [2.05, 4.69) is 10.6 Å². The molecule has 0 saturated carbocycles. The van der Waals surface area contributed by atoms with Gasteiger partial charge in [-0.05, 0) is 55.4 Å². The number of carbonyl (C=O) groups is 3. The first-order valence-corrected chi connectivity index (χ1v) is 7.40. The molecular weight excluding hydrogens is 268 g/mol. The van der Waals surface area contributed by atoms with Crippen molar-refractivity contribution in [3.8, 4) is 0 Å². The molecule has 2 N–H and O–H groups in total. The highest BCUT2D eigenvalue weighted by Gasteiger charge is 2.28. The third-order valence-electron chi connectivity index (χ3n) is 4.16. The van der Waals surface area contributed by atoms with E-state index < -0.39 is 11.9 Å². The molecule has 1 aromatic carbocycles. The van der Waals surface area contributed by atoms with Crippen LogP contribution in [0.15, 0.2) is 18.2 Å². The fourth-order valence-electron chi connectivity index (χ4n) is 2.95. The highest BCUT2D eigenvalue weighted by Crippen LogP contribution is 2.22. The minimum absolute atomic E-state index is 0.252. The Labute approximate surface area is 123 Å². The van der Waals surface area contributed by atoms with E-state index in [0.717, 1.165) is 19.3 Å². The monoisotopic (exact) mass is 286 g/mol. The van der Waals surface area contributed by atoms with Gasteiger partial charge in [0.25, 0.3) is 5.91 Å². The quantitative estimate of drug-likeness (QED) is 0.799. The molecule has 5 heteroatoms. The lowest BCUT2D eigenvalue weighted by atomic mass is 9.90. The van der Waals surface area contributed by atoms with Crippen molar-refractivity contribution in [2.24, 2.45) is 0 Å². The Morgan fingerprint density at radius 3 is 2.62 bits per heavy atom. The SMILES string of the molecule is O=C1CCC(NC(=O)c2ccc3c(c2)CCCC3)C(=O)N1. The maximum absolute atomic E-state index is 12.2. The summed E-state index contributed by atoms with van der Waals surface area (Å²) in [5, 5.41) is 4.95. The standard InChI is InChI=1S/C16H18N2O3/c19-14-8-7-13(16(21)18-14)17-15(20)12-6-5-10-3-1-2-4-11(10)9-12/h5-6,9,13H,1-4,7-8H2,(H,17,20)(H,18,19,21). The van der Waals surface area contributed by atoms with Gasteiger partial charge in [-0.1, -0.05) is 6.07 Å². The predicted octanol–water partition coefficient (Wildman–Crippen LogP) is 1.10. The van der Waals surface area contributed by atoms with Crippen molar-refractivity contribution >= 4 is 17.7 Å². The Bertz CT molecular complexity index is 610. The summed E-state index contributed by atoms with van der Waals surface area (Å²) in [5.41, 5.74) is 3.14. The van der Waals surface area contributed by atoms with E-state index in [4.69, 9.17) is 0 Å². The number of aryl methyl sites for hydroxylation is 2. The highest BCUT2D eigenvalue weighted by atomic mass is 16.2. The van der Waals surface area contributed by atoms with Gasteiger partial charge in [0.15, 0.2) is 0 Å². The maximum atomic E-state index is 12.2. The van der Waals surface area contributed by atoms with Gasteiger partial charge in [-0.3, -0.25) is 19.7 Å². The van der Waals surface area contributed by atoms with Crippen LogP contribution in [0.3, 0.4) is 0 Å². The van der Waals surface area contributed by atoms with E-state index in [0.29, 0.717) is 12.0 Å². The first kappa shape index (κ1) is 13.8. The summed E-state index contributed by atoms with van der Waals surface area (Å²) in [7, 11) is 0. The van der Waals surface area contributed by atoms with Crippen LogP contribution in [0.5, 0.6) is 0 Å². The first-order chi connectivity index (χ1) is 10.1. The van der Waals surface area contributed by atoms with Gasteiger partial charge in [0.05, 0.1) is 0 Å². The van der Waals surface area contributed by atoms with Crippen LogP contribution in [-0.2, 0) is 22.4 Å². The number of hydrogen-bond donors (Lipinski definition) is 2. The number of carbonyl (C=O) groups excluding carboxylic acids is 3. The number of hydrogen-bond acceptors (Lipinski definition) is 3. The van der Waals surface area contributed by atoms with Crippen molar-refractivity contribution in [3.05, 3.63) is 34.9 Å². The zero-order chi connectivity index (χ0) is 14.8. The molecule has 21 heavy (non-hydrogen) atoms. The average Bonchev–Trinajstić information content (AvgIpc) is 2.49. The molecule has 1 aromatic rings. The van der Waals surface area contributed by atoms with Crippen molar-refractivity contribution in [2.45, 2.75) is 44.6 Å². The topological polar surface area (TPSA) is 75.3 Å². The highest BCUT2D eigenvalue weighted by molar-refractivity contribution is 6.03. The third-order valence-corrected chi connectivity index (χ3v) is 4.16. The Morgan fingerprint density at radius 1 is 1.10 bits per heavy atom. The molecule has 1 aliphatic carbocycles. The maximum Gasteiger partial charge on any atom is 0.251 e. The second kappa shape index (κ2) is 5.68. The molecular formula is C16H18N2O3. The van der Waals surface area contributed by atoms with Crippen molar-refractivity contribution in [2.75, 3.05) is 0 Å². The van der Waals surface area contributed by atoms with Crippen LogP contribution in [0.4, 0.5) is 0 Å². The summed E-state index contributed by atoms with van der Waals surface area (Å²) in [6, 6.07) is 5.13. The molecule has 0 aromatic heterocycles. The van der Waals surface area contributed by atoms with E-state index in [1.807, 2.05) is 18.2 Å². The summed E-state index contributed by atoms with van der Waals surface area (Å²) in [6.07, 6.45) is 5.07. The summed E-state index contributed by atoms with van der Waals surface area (Å²) in [4.78, 5) is 35.0. The van der Waals surface area contributed by atoms with E-state index in [9.17, 15) is 14.4 Å². The molecule has 1 unspecified atom stereocenters. The molecule has 1 atom stereocenters. The van der Waals surface area contributed by atoms with Crippen molar-refractivity contribution in [1.82, 2.24) is 10.6 Å². The van der Waals surface area contributed by atoms with Gasteiger partial charge in [0, 0.05) is 12.0 Å². The zero-order valence-electron chi connectivity index (χ0n) is 11.8. The molecule has 3 rings (SSSR count). The van der Waals surface area contributed by atoms with Crippen LogP contribution in [0, 0.1) is 0 Å². The number of piperidine rings is 1. The van der Waals surface area contributed by atoms with Crippen molar-refractivity contribution in [3.63, 3.8) is 0 Å². The minimum Gasteiger partial charge on any atom is -0.340 e. The minimum atomic E-state index is -0.619. The molecule has 1 heterocycles. The lowest BCUT2D eigenvalue weighted by Gasteiger charge is -2.22. The first-order valence-electron chi connectivity index (χ1n) is 7.40. The summed E-state index contributed by atoms with van der Waals surface area (Å²) in [6.45, 7) is 0. The summed E-state index contributed by atoms with van der Waals surface area (Å²) < 4.78 is 0. The van der Waals surface area contributed by atoms with Crippen molar-refractivity contribution < 1.29 is 14.4 Å². The number of benzene rings is 1. The lowest BCUT2D eigenvalue weighted by Crippen LogP contribution is -2.52. The van der Waals surface area contributed by atoms with E-state index in [1.54, 1.807) is 0 Å². The van der Waals surface area contributed by atoms with Gasteiger partial charge in [-0.25, -0.2) is 0 Å². The Hall–Kier alpha value is -2.17. The largest absolute Gasteiger partial charge is 0.340 e. The fraction of sp³-hybridized carbons (Fsp3) is 0.438. The Morgan fingerprint density at radius 2 is 1.86 bits per heavy atom. The smallest absolute Gasteiger partial charge is 0.251 e. The number of fused-ring (bicyclic) bond motifs is 1. The normalized spacial score (nSPS) is 21.4. The van der Waals surface area contributed by atoms with E-state index in [1.165, 1.54) is 17.5 Å². The number of nitrogens with one attached hydrogen (secondary N) is 2. The van der Waals surface area contributed by atoms with Crippen molar-refractivity contribution in [1.29, 1.82) is 0 Å². The molecule has 0 radical (unpaired) electrons. The van der Waals surface area contributed by atoms with Gasteiger partial charge in [0.1, 0.15) is 6.04 Å². The summed E-state index contributed by atoms with van der Waals surface area (Å²) >= 11 is 0. The molecule has 2 aliphatic rings. The number of imide groups is 1. The summed E-state index contributed by atoms with van der Waals surface area (Å²) in [5.74, 6) is -0.949. The van der Waals surface area contributed by atoms with Gasteiger partial charge < -0.3 is 5.32 Å². The van der Waals surface area contributed by atoms with Gasteiger partial charge >= 0.3 is 0 Å². The molecule has 3 amide bonds. The average molecular weight is 286 g/mol. The van der Waals surface area contributed by atoms with Crippen LogP contribution in [0.2, 0.25) is 0 Å². The molecule has 0 spiro atoms. The molecule has 0 bridgehead atoms. The van der Waals surface area contributed by atoms with Gasteiger partial charge in [0.2, 0.25) is 11.8 Å². The van der Waals surface area contributed by atoms with E-state index in [-0.39, 0.29) is 18.2 Å². The molecule has 5 nitrogen and oxygen atoms in total. The molecule has 1 aliphatic heterocycles. The second-order valence-electron chi connectivity index (χ2n) is 5.67. The number of rotatable bonds is 2. The lowest BCUT2D eigenvalue weighted by molar-refractivity contribution is -0.134. The van der Waals surface area contributed by atoms with Crippen LogP contribution in [0.25, 0.3) is 0 Å². The fourth-order valence-corrected chi connectivity index (χ4v) is 2.95. The Kier molecular flexibility index (Phi) is 3.73. The van der Waals surface area contributed by atoms with Gasteiger partial charge in [-0.15, -0.1) is 0 Å². The van der Waals surface area contributed by atoms with E-state index >= 15 is 0 Å². The van der Waals surface area contributed by atoms with Crippen LogP contribution >= 0.6 is 0 Å². The Balaban J connectivity index is 1.70. The second-order valence-corrected chi connectivity index (χ2v) is 5.67. The van der Waals surface area contributed by atoms with Crippen LogP contribution < -0.4 is 10.6 Å². The molecule has 1 saturated heterocycles. The predicted molar refractivity (Wildman–Crippen MR) is 76.7 cm³/mol. The molecule has 110 valence electrons. The van der Waals surface area contributed by atoms with Gasteiger partial charge in [-0.2, -0.15) is 0 Å². The van der Waals surface area contributed by atoms with Crippen LogP contribution in [-0.4, -0.2) is 23.8 Å². The van der Waals surface area contributed by atoms with Crippen LogP contribution in [0.1, 0.15) is 47.2 Å². The number of amides is 3. The molecule has 1 fully saturated rings. The third kappa shape index (κ3) is 2.96. The zero-order valence-corrected chi connectivity index (χ0v) is 11.8.